The van der Waals surface area contributed by atoms with Crippen molar-refractivity contribution < 1.29 is 19.7 Å². The van der Waals surface area contributed by atoms with Crippen molar-refractivity contribution >= 4 is 5.97 Å². The Morgan fingerprint density at radius 1 is 1.40 bits per heavy atom. The SMILES string of the molecule is C[C@@H](COC(=O)C(C)(C)C)C[C@H](O)CO. The third-order valence-corrected chi connectivity index (χ3v) is 2.00. The Morgan fingerprint density at radius 3 is 2.33 bits per heavy atom. The molecule has 0 bridgehead atoms. The largest absolute Gasteiger partial charge is 0.465 e. The van der Waals surface area contributed by atoms with Crippen LogP contribution in [-0.4, -0.2) is 35.5 Å². The van der Waals surface area contributed by atoms with Crippen molar-refractivity contribution in [3.63, 3.8) is 0 Å². The molecule has 4 nitrogen and oxygen atoms in total. The van der Waals surface area contributed by atoms with Crippen LogP contribution in [0, 0.1) is 11.3 Å². The van der Waals surface area contributed by atoms with Gasteiger partial charge in [0.05, 0.1) is 24.7 Å². The maximum absolute atomic E-state index is 11.4. The Hall–Kier alpha value is -0.610. The molecule has 2 N–H and O–H groups in total. The summed E-state index contributed by atoms with van der Waals surface area (Å²) in [6.07, 6.45) is -0.290. The molecule has 2 atom stereocenters. The molecule has 15 heavy (non-hydrogen) atoms. The number of esters is 1. The van der Waals surface area contributed by atoms with Gasteiger partial charge in [0.15, 0.2) is 0 Å². The molecule has 0 rings (SSSR count). The third-order valence-electron chi connectivity index (χ3n) is 2.00. The topological polar surface area (TPSA) is 66.8 Å². The third kappa shape index (κ3) is 6.47. The highest BCUT2D eigenvalue weighted by atomic mass is 16.5. The molecule has 0 spiro atoms. The van der Waals surface area contributed by atoms with E-state index in [0.29, 0.717) is 6.42 Å². The van der Waals surface area contributed by atoms with E-state index < -0.39 is 11.5 Å². The van der Waals surface area contributed by atoms with Crippen molar-refractivity contribution in [2.24, 2.45) is 11.3 Å². The Balaban J connectivity index is 3.81. The van der Waals surface area contributed by atoms with Gasteiger partial charge in [0.25, 0.3) is 0 Å². The first-order valence-corrected chi connectivity index (χ1v) is 5.23. The zero-order valence-electron chi connectivity index (χ0n) is 9.99. The highest BCUT2D eigenvalue weighted by Crippen LogP contribution is 2.16. The Bertz CT molecular complexity index is 195. The van der Waals surface area contributed by atoms with Crippen molar-refractivity contribution in [1.82, 2.24) is 0 Å². The van der Waals surface area contributed by atoms with Gasteiger partial charge in [0.1, 0.15) is 0 Å². The van der Waals surface area contributed by atoms with Gasteiger partial charge in [0, 0.05) is 0 Å². The maximum Gasteiger partial charge on any atom is 0.311 e. The van der Waals surface area contributed by atoms with E-state index >= 15 is 0 Å². The number of hydrogen-bond donors (Lipinski definition) is 2. The van der Waals surface area contributed by atoms with Crippen LogP contribution in [0.15, 0.2) is 0 Å². The average Bonchev–Trinajstić information content (AvgIpc) is 2.12. The fourth-order valence-corrected chi connectivity index (χ4v) is 1.04. The van der Waals surface area contributed by atoms with Crippen molar-refractivity contribution in [1.29, 1.82) is 0 Å². The predicted octanol–water partition coefficient (Wildman–Crippen LogP) is 0.955. The van der Waals surface area contributed by atoms with E-state index in [1.807, 2.05) is 6.92 Å². The Kier molecular flexibility index (Phi) is 5.83. The lowest BCUT2D eigenvalue weighted by molar-refractivity contribution is -0.154. The van der Waals surface area contributed by atoms with Gasteiger partial charge in [-0.05, 0) is 33.1 Å². The summed E-state index contributed by atoms with van der Waals surface area (Å²) in [7, 11) is 0. The molecule has 0 radical (unpaired) electrons. The predicted molar refractivity (Wildman–Crippen MR) is 57.3 cm³/mol. The van der Waals surface area contributed by atoms with Crippen molar-refractivity contribution in [3.05, 3.63) is 0 Å². The average molecular weight is 218 g/mol. The fourth-order valence-electron chi connectivity index (χ4n) is 1.04. The Morgan fingerprint density at radius 2 is 1.93 bits per heavy atom. The van der Waals surface area contributed by atoms with Crippen LogP contribution in [0.1, 0.15) is 34.1 Å². The number of aliphatic hydroxyl groups excluding tert-OH is 2. The fraction of sp³-hybridized carbons (Fsp3) is 0.909. The standard InChI is InChI=1S/C11H22O4/c1-8(5-9(13)6-12)7-15-10(14)11(2,3)4/h8-9,12-13H,5-7H2,1-4H3/t8-,9+/m1/s1. The molecular weight excluding hydrogens is 196 g/mol. The molecule has 0 saturated carbocycles. The molecule has 0 saturated heterocycles. The van der Waals surface area contributed by atoms with E-state index in [2.05, 4.69) is 0 Å². The van der Waals surface area contributed by atoms with Crippen molar-refractivity contribution in [3.8, 4) is 0 Å². The van der Waals surface area contributed by atoms with Gasteiger partial charge >= 0.3 is 5.97 Å². The lowest BCUT2D eigenvalue weighted by atomic mass is 9.97. The van der Waals surface area contributed by atoms with E-state index in [1.165, 1.54) is 0 Å². The normalized spacial score (nSPS) is 15.9. The van der Waals surface area contributed by atoms with Crippen molar-refractivity contribution in [2.45, 2.75) is 40.2 Å². The van der Waals surface area contributed by atoms with Gasteiger partial charge in [0.2, 0.25) is 0 Å². The minimum atomic E-state index is -0.728. The monoisotopic (exact) mass is 218 g/mol. The van der Waals surface area contributed by atoms with Gasteiger partial charge in [-0.25, -0.2) is 0 Å². The molecule has 0 unspecified atom stereocenters. The van der Waals surface area contributed by atoms with Gasteiger partial charge in [-0.1, -0.05) is 6.92 Å². The number of carbonyl (C=O) groups is 1. The van der Waals surface area contributed by atoms with Gasteiger partial charge < -0.3 is 14.9 Å². The molecule has 0 aromatic heterocycles. The second-order valence-electron chi connectivity index (χ2n) is 5.03. The van der Waals surface area contributed by atoms with Crippen LogP contribution in [0.3, 0.4) is 0 Å². The summed E-state index contributed by atoms with van der Waals surface area (Å²) in [5.41, 5.74) is -0.491. The molecule has 0 heterocycles. The highest BCUT2D eigenvalue weighted by molar-refractivity contribution is 5.75. The van der Waals surface area contributed by atoms with E-state index in [4.69, 9.17) is 14.9 Å². The molecule has 0 aliphatic carbocycles. The number of rotatable bonds is 5. The number of hydrogen-bond acceptors (Lipinski definition) is 4. The summed E-state index contributed by atoms with van der Waals surface area (Å²) in [6.45, 7) is 7.28. The molecule has 0 amide bonds. The summed E-state index contributed by atoms with van der Waals surface area (Å²) in [5, 5.41) is 17.8. The lowest BCUT2D eigenvalue weighted by Gasteiger charge is -2.19. The Labute approximate surface area is 91.3 Å². The van der Waals surface area contributed by atoms with E-state index in [0.717, 1.165) is 0 Å². The summed E-state index contributed by atoms with van der Waals surface area (Å²) >= 11 is 0. The summed E-state index contributed by atoms with van der Waals surface area (Å²) in [6, 6.07) is 0. The smallest absolute Gasteiger partial charge is 0.311 e. The first-order valence-electron chi connectivity index (χ1n) is 5.23. The van der Waals surface area contributed by atoms with Crippen LogP contribution in [0.4, 0.5) is 0 Å². The van der Waals surface area contributed by atoms with E-state index in [1.54, 1.807) is 20.8 Å². The number of carbonyl (C=O) groups excluding carboxylic acids is 1. The first kappa shape index (κ1) is 14.4. The van der Waals surface area contributed by atoms with Crippen LogP contribution >= 0.6 is 0 Å². The summed E-state index contributed by atoms with van der Waals surface area (Å²) < 4.78 is 5.08. The summed E-state index contributed by atoms with van der Waals surface area (Å²) in [5.74, 6) is -0.189. The molecule has 0 aromatic rings. The summed E-state index contributed by atoms with van der Waals surface area (Å²) in [4.78, 5) is 11.4. The maximum atomic E-state index is 11.4. The quantitative estimate of drug-likeness (QED) is 0.674. The molecule has 0 aliphatic rings. The first-order chi connectivity index (χ1) is 6.77. The molecule has 0 aromatic carbocycles. The van der Waals surface area contributed by atoms with Crippen LogP contribution in [-0.2, 0) is 9.53 Å². The molecule has 90 valence electrons. The number of aliphatic hydroxyl groups is 2. The second-order valence-corrected chi connectivity index (χ2v) is 5.03. The van der Waals surface area contributed by atoms with Crippen LogP contribution in [0.25, 0.3) is 0 Å². The van der Waals surface area contributed by atoms with Crippen LogP contribution < -0.4 is 0 Å². The van der Waals surface area contributed by atoms with Gasteiger partial charge in [-0.3, -0.25) is 4.79 Å². The van der Waals surface area contributed by atoms with Gasteiger partial charge in [-0.15, -0.1) is 0 Å². The minimum Gasteiger partial charge on any atom is -0.465 e. The lowest BCUT2D eigenvalue weighted by Crippen LogP contribution is -2.26. The highest BCUT2D eigenvalue weighted by Gasteiger charge is 2.23. The zero-order valence-corrected chi connectivity index (χ0v) is 9.99. The zero-order chi connectivity index (χ0) is 12.1. The van der Waals surface area contributed by atoms with E-state index in [-0.39, 0.29) is 25.1 Å². The molecule has 0 fully saturated rings. The minimum absolute atomic E-state index is 0.0541. The van der Waals surface area contributed by atoms with Crippen molar-refractivity contribution in [2.75, 3.05) is 13.2 Å². The van der Waals surface area contributed by atoms with Crippen LogP contribution in [0.2, 0.25) is 0 Å². The number of ether oxygens (including phenoxy) is 1. The van der Waals surface area contributed by atoms with Gasteiger partial charge in [-0.2, -0.15) is 0 Å². The van der Waals surface area contributed by atoms with E-state index in [9.17, 15) is 4.79 Å². The molecule has 0 aliphatic heterocycles. The second kappa shape index (κ2) is 6.08. The molecule has 4 heteroatoms. The van der Waals surface area contributed by atoms with Crippen LogP contribution in [0.5, 0.6) is 0 Å². The molecular formula is C11H22O4.